The van der Waals surface area contributed by atoms with Crippen molar-refractivity contribution in [2.75, 3.05) is 0 Å². The SMILES string of the molecule is Cc1ccc(CNC(=O)n2nc(C)c3ccccc32)cc1. The quantitative estimate of drug-likeness (QED) is 0.781. The van der Waals surface area contributed by atoms with Crippen LogP contribution in [0.25, 0.3) is 10.9 Å². The van der Waals surface area contributed by atoms with E-state index in [-0.39, 0.29) is 6.03 Å². The van der Waals surface area contributed by atoms with Crippen LogP contribution in [-0.4, -0.2) is 15.8 Å². The minimum absolute atomic E-state index is 0.208. The molecule has 21 heavy (non-hydrogen) atoms. The summed E-state index contributed by atoms with van der Waals surface area (Å²) in [6.45, 7) is 4.44. The minimum Gasteiger partial charge on any atom is -0.332 e. The van der Waals surface area contributed by atoms with Crippen molar-refractivity contribution in [2.45, 2.75) is 20.4 Å². The molecule has 1 aromatic heterocycles. The summed E-state index contributed by atoms with van der Waals surface area (Å²) >= 11 is 0. The number of aromatic nitrogens is 2. The lowest BCUT2D eigenvalue weighted by atomic mass is 10.1. The van der Waals surface area contributed by atoms with Gasteiger partial charge in [-0.15, -0.1) is 0 Å². The van der Waals surface area contributed by atoms with E-state index in [1.807, 2.05) is 62.4 Å². The first-order valence-electron chi connectivity index (χ1n) is 6.93. The first kappa shape index (κ1) is 13.4. The lowest BCUT2D eigenvalue weighted by Crippen LogP contribution is -2.28. The Balaban J connectivity index is 1.79. The van der Waals surface area contributed by atoms with Crippen LogP contribution < -0.4 is 5.32 Å². The lowest BCUT2D eigenvalue weighted by molar-refractivity contribution is 0.240. The molecule has 0 aliphatic heterocycles. The fraction of sp³-hybridized carbons (Fsp3) is 0.176. The van der Waals surface area contributed by atoms with Crippen LogP contribution in [0.5, 0.6) is 0 Å². The number of amides is 1. The standard InChI is InChI=1S/C17H17N3O/c1-12-7-9-14(10-8-12)11-18-17(21)20-16-6-4-3-5-15(16)13(2)19-20/h3-10H,11H2,1-2H3,(H,18,21). The van der Waals surface area contributed by atoms with Gasteiger partial charge in [-0.3, -0.25) is 0 Å². The molecule has 0 spiro atoms. The highest BCUT2D eigenvalue weighted by atomic mass is 16.2. The van der Waals surface area contributed by atoms with Crippen LogP contribution >= 0.6 is 0 Å². The minimum atomic E-state index is -0.208. The largest absolute Gasteiger partial charge is 0.342 e. The monoisotopic (exact) mass is 279 g/mol. The van der Waals surface area contributed by atoms with Crippen molar-refractivity contribution in [1.29, 1.82) is 0 Å². The second kappa shape index (κ2) is 5.40. The second-order valence-electron chi connectivity index (χ2n) is 5.16. The summed E-state index contributed by atoms with van der Waals surface area (Å²) in [6.07, 6.45) is 0. The van der Waals surface area contributed by atoms with Gasteiger partial charge in [0.05, 0.1) is 11.2 Å². The molecule has 0 saturated heterocycles. The molecule has 0 bridgehead atoms. The zero-order valence-corrected chi connectivity index (χ0v) is 12.1. The number of para-hydroxylation sites is 1. The van der Waals surface area contributed by atoms with Crippen LogP contribution in [0.3, 0.4) is 0 Å². The molecule has 0 fully saturated rings. The summed E-state index contributed by atoms with van der Waals surface area (Å²) in [6, 6.07) is 15.6. The molecule has 3 aromatic rings. The van der Waals surface area contributed by atoms with Crippen LogP contribution in [-0.2, 0) is 6.54 Å². The molecule has 4 heteroatoms. The van der Waals surface area contributed by atoms with Crippen LogP contribution in [0, 0.1) is 13.8 Å². The van der Waals surface area contributed by atoms with Gasteiger partial charge in [0, 0.05) is 11.9 Å². The molecular formula is C17H17N3O. The van der Waals surface area contributed by atoms with Gasteiger partial charge in [0.1, 0.15) is 0 Å². The van der Waals surface area contributed by atoms with Crippen molar-refractivity contribution in [3.8, 4) is 0 Å². The van der Waals surface area contributed by atoms with Gasteiger partial charge < -0.3 is 5.32 Å². The maximum atomic E-state index is 12.3. The van der Waals surface area contributed by atoms with E-state index in [9.17, 15) is 4.79 Å². The summed E-state index contributed by atoms with van der Waals surface area (Å²) in [4.78, 5) is 12.3. The summed E-state index contributed by atoms with van der Waals surface area (Å²) < 4.78 is 1.43. The van der Waals surface area contributed by atoms with Crippen molar-refractivity contribution in [3.63, 3.8) is 0 Å². The van der Waals surface area contributed by atoms with Crippen molar-refractivity contribution >= 4 is 16.9 Å². The Morgan fingerprint density at radius 3 is 2.57 bits per heavy atom. The summed E-state index contributed by atoms with van der Waals surface area (Å²) in [5.41, 5.74) is 3.97. The van der Waals surface area contributed by atoms with Gasteiger partial charge in [-0.2, -0.15) is 9.78 Å². The average Bonchev–Trinajstić information content (AvgIpc) is 2.84. The number of nitrogens with zero attached hydrogens (tertiary/aromatic N) is 2. The Morgan fingerprint density at radius 1 is 1.10 bits per heavy atom. The zero-order valence-electron chi connectivity index (χ0n) is 12.1. The topological polar surface area (TPSA) is 46.9 Å². The summed E-state index contributed by atoms with van der Waals surface area (Å²) in [5.74, 6) is 0. The van der Waals surface area contributed by atoms with Gasteiger partial charge in [0.15, 0.2) is 0 Å². The number of nitrogens with one attached hydrogen (secondary N) is 1. The van der Waals surface area contributed by atoms with Gasteiger partial charge in [0.25, 0.3) is 0 Å². The third kappa shape index (κ3) is 2.65. The molecule has 0 radical (unpaired) electrons. The molecule has 0 atom stereocenters. The number of hydrogen-bond donors (Lipinski definition) is 1. The van der Waals surface area contributed by atoms with E-state index in [1.165, 1.54) is 10.2 Å². The number of aryl methyl sites for hydroxylation is 2. The maximum absolute atomic E-state index is 12.3. The van der Waals surface area contributed by atoms with E-state index in [0.717, 1.165) is 22.2 Å². The van der Waals surface area contributed by atoms with Crippen molar-refractivity contribution in [2.24, 2.45) is 0 Å². The predicted octanol–water partition coefficient (Wildman–Crippen LogP) is 3.41. The molecular weight excluding hydrogens is 262 g/mol. The highest BCUT2D eigenvalue weighted by Gasteiger charge is 2.12. The molecule has 0 unspecified atom stereocenters. The smallest absolute Gasteiger partial charge is 0.332 e. The van der Waals surface area contributed by atoms with Crippen molar-refractivity contribution in [1.82, 2.24) is 15.1 Å². The Kier molecular flexibility index (Phi) is 3.44. The molecule has 1 amide bonds. The van der Waals surface area contributed by atoms with E-state index in [2.05, 4.69) is 10.4 Å². The Hall–Kier alpha value is -2.62. The molecule has 1 heterocycles. The molecule has 4 nitrogen and oxygen atoms in total. The van der Waals surface area contributed by atoms with Crippen LogP contribution in [0.1, 0.15) is 16.8 Å². The Morgan fingerprint density at radius 2 is 1.81 bits per heavy atom. The maximum Gasteiger partial charge on any atom is 0.342 e. The molecule has 3 rings (SSSR count). The van der Waals surface area contributed by atoms with Gasteiger partial charge in [-0.1, -0.05) is 48.0 Å². The first-order chi connectivity index (χ1) is 10.1. The highest BCUT2D eigenvalue weighted by Crippen LogP contribution is 2.17. The van der Waals surface area contributed by atoms with Crippen LogP contribution in [0.4, 0.5) is 4.79 Å². The van der Waals surface area contributed by atoms with E-state index >= 15 is 0 Å². The fourth-order valence-electron chi connectivity index (χ4n) is 2.34. The highest BCUT2D eigenvalue weighted by molar-refractivity contribution is 5.91. The summed E-state index contributed by atoms with van der Waals surface area (Å²) in [5, 5.41) is 8.23. The molecule has 1 N–H and O–H groups in total. The fourth-order valence-corrected chi connectivity index (χ4v) is 2.34. The normalized spacial score (nSPS) is 10.8. The number of benzene rings is 2. The van der Waals surface area contributed by atoms with E-state index in [4.69, 9.17) is 0 Å². The number of carbonyl (C=O) groups excluding carboxylic acids is 1. The summed E-state index contributed by atoms with van der Waals surface area (Å²) in [7, 11) is 0. The van der Waals surface area contributed by atoms with Gasteiger partial charge in [-0.25, -0.2) is 4.79 Å². The van der Waals surface area contributed by atoms with Gasteiger partial charge >= 0.3 is 6.03 Å². The number of hydrogen-bond acceptors (Lipinski definition) is 2. The van der Waals surface area contributed by atoms with Crippen LogP contribution in [0.15, 0.2) is 48.5 Å². The third-order valence-electron chi connectivity index (χ3n) is 3.53. The van der Waals surface area contributed by atoms with E-state index in [1.54, 1.807) is 0 Å². The number of rotatable bonds is 2. The number of carbonyl (C=O) groups is 1. The molecule has 2 aromatic carbocycles. The molecule has 0 aliphatic rings. The predicted molar refractivity (Wildman–Crippen MR) is 83.3 cm³/mol. The Labute approximate surface area is 123 Å². The Bertz CT molecular complexity index is 787. The average molecular weight is 279 g/mol. The second-order valence-corrected chi connectivity index (χ2v) is 5.16. The first-order valence-corrected chi connectivity index (χ1v) is 6.93. The third-order valence-corrected chi connectivity index (χ3v) is 3.53. The lowest BCUT2D eigenvalue weighted by Gasteiger charge is -2.06. The molecule has 0 saturated carbocycles. The molecule has 106 valence electrons. The zero-order chi connectivity index (χ0) is 14.8. The van der Waals surface area contributed by atoms with E-state index < -0.39 is 0 Å². The number of fused-ring (bicyclic) bond motifs is 1. The van der Waals surface area contributed by atoms with Crippen LogP contribution in [0.2, 0.25) is 0 Å². The molecule has 0 aliphatic carbocycles. The van der Waals surface area contributed by atoms with Gasteiger partial charge in [0.2, 0.25) is 0 Å². The van der Waals surface area contributed by atoms with Gasteiger partial charge in [-0.05, 0) is 25.5 Å². The van der Waals surface area contributed by atoms with Crippen molar-refractivity contribution < 1.29 is 4.79 Å². The van der Waals surface area contributed by atoms with E-state index in [0.29, 0.717) is 6.54 Å². The van der Waals surface area contributed by atoms with Crippen molar-refractivity contribution in [3.05, 3.63) is 65.4 Å².